The van der Waals surface area contributed by atoms with E-state index in [0.717, 1.165) is 0 Å². The van der Waals surface area contributed by atoms with Gasteiger partial charge in [0.15, 0.2) is 5.82 Å². The lowest BCUT2D eigenvalue weighted by atomic mass is 10.1. The average molecular weight is 427 g/mol. The van der Waals surface area contributed by atoms with Gasteiger partial charge in [0.05, 0.1) is 34.6 Å². The van der Waals surface area contributed by atoms with Gasteiger partial charge < -0.3 is 21.5 Å². The van der Waals surface area contributed by atoms with Crippen LogP contribution in [0.15, 0.2) is 23.0 Å². The second kappa shape index (κ2) is 7.78. The molecule has 2 aromatic heterocycles. The molecule has 1 saturated heterocycles. The van der Waals surface area contributed by atoms with E-state index in [1.807, 2.05) is 6.07 Å². The summed E-state index contributed by atoms with van der Waals surface area (Å²) in [4.78, 5) is 26.0. The molecule has 0 aliphatic carbocycles. The maximum absolute atomic E-state index is 13.4. The fraction of sp³-hybridized carbons (Fsp3) is 0.316. The lowest BCUT2D eigenvalue weighted by Gasteiger charge is -2.23. The first-order valence-electron chi connectivity index (χ1n) is 9.28. The maximum atomic E-state index is 13.4. The van der Waals surface area contributed by atoms with Crippen molar-refractivity contribution in [3.05, 3.63) is 45.0 Å². The fourth-order valence-corrected chi connectivity index (χ4v) is 3.83. The Morgan fingerprint density at radius 2 is 2.17 bits per heavy atom. The molecule has 0 bridgehead atoms. The van der Waals surface area contributed by atoms with Gasteiger partial charge in [-0.3, -0.25) is 9.36 Å². The third-order valence-electron chi connectivity index (χ3n) is 4.98. The largest absolute Gasteiger partial charge is 0.382 e. The predicted molar refractivity (Wildman–Crippen MR) is 113 cm³/mol. The van der Waals surface area contributed by atoms with Crippen molar-refractivity contribution < 1.29 is 4.74 Å². The Morgan fingerprint density at radius 3 is 2.87 bits per heavy atom. The monoisotopic (exact) mass is 426 g/mol. The summed E-state index contributed by atoms with van der Waals surface area (Å²) in [6.45, 7) is 2.75. The standard InChI is InChI=1S/C19H19ClN8O2/c1-9(24-16-11(7-21)15(22)26-19(23)27-16)17-25-13-4-2-3-12(20)14(13)18(29)28(17)10-5-6-30-8-10/h2-4,9-10H,5-6,8H2,1H3,(H5,22,23,24,26,27)/t9-,10+/m0/s1. The molecule has 3 heterocycles. The van der Waals surface area contributed by atoms with Gasteiger partial charge in [-0.1, -0.05) is 17.7 Å². The number of halogens is 1. The van der Waals surface area contributed by atoms with Gasteiger partial charge in [0.2, 0.25) is 5.95 Å². The highest BCUT2D eigenvalue weighted by atomic mass is 35.5. The van der Waals surface area contributed by atoms with E-state index in [0.29, 0.717) is 41.4 Å². The van der Waals surface area contributed by atoms with Crippen LogP contribution in [0.5, 0.6) is 0 Å². The summed E-state index contributed by atoms with van der Waals surface area (Å²) in [6.07, 6.45) is 0.675. The molecule has 4 rings (SSSR count). The van der Waals surface area contributed by atoms with Gasteiger partial charge in [0.1, 0.15) is 23.3 Å². The minimum absolute atomic E-state index is 0.0282. The first-order chi connectivity index (χ1) is 14.4. The molecule has 1 fully saturated rings. The summed E-state index contributed by atoms with van der Waals surface area (Å²) < 4.78 is 7.10. The minimum Gasteiger partial charge on any atom is -0.382 e. The van der Waals surface area contributed by atoms with E-state index in [-0.39, 0.29) is 34.7 Å². The first-order valence-corrected chi connectivity index (χ1v) is 9.66. The van der Waals surface area contributed by atoms with E-state index >= 15 is 0 Å². The van der Waals surface area contributed by atoms with Crippen LogP contribution >= 0.6 is 11.6 Å². The van der Waals surface area contributed by atoms with Crippen LogP contribution in [0, 0.1) is 11.3 Å². The van der Waals surface area contributed by atoms with Gasteiger partial charge in [0, 0.05) is 6.61 Å². The summed E-state index contributed by atoms with van der Waals surface area (Å²) in [5, 5.41) is 13.2. The Hall–Kier alpha value is -3.42. The van der Waals surface area contributed by atoms with Crippen molar-refractivity contribution in [2.75, 3.05) is 30.0 Å². The molecule has 1 aliphatic rings. The van der Waals surface area contributed by atoms with Crippen LogP contribution < -0.4 is 22.3 Å². The molecule has 3 aromatic rings. The number of nitriles is 1. The van der Waals surface area contributed by atoms with Gasteiger partial charge in [0.25, 0.3) is 5.56 Å². The third-order valence-corrected chi connectivity index (χ3v) is 5.30. The highest BCUT2D eigenvalue weighted by Crippen LogP contribution is 2.28. The predicted octanol–water partition coefficient (Wildman–Crippen LogP) is 2.01. The summed E-state index contributed by atoms with van der Waals surface area (Å²) in [6, 6.07) is 6.41. The smallest absolute Gasteiger partial charge is 0.263 e. The number of aromatic nitrogens is 4. The van der Waals surface area contributed by atoms with Gasteiger partial charge >= 0.3 is 0 Å². The highest BCUT2D eigenvalue weighted by Gasteiger charge is 2.27. The molecule has 2 atom stereocenters. The van der Waals surface area contributed by atoms with Crippen molar-refractivity contribution in [2.45, 2.75) is 25.4 Å². The van der Waals surface area contributed by atoms with Crippen LogP contribution in [-0.4, -0.2) is 32.7 Å². The maximum Gasteiger partial charge on any atom is 0.263 e. The van der Waals surface area contributed by atoms with E-state index in [4.69, 9.17) is 32.8 Å². The molecule has 30 heavy (non-hydrogen) atoms. The van der Waals surface area contributed by atoms with Crippen molar-refractivity contribution >= 4 is 40.1 Å². The molecule has 0 unspecified atom stereocenters. The summed E-state index contributed by atoms with van der Waals surface area (Å²) in [5.74, 6) is 0.537. The number of anilines is 3. The van der Waals surface area contributed by atoms with Gasteiger partial charge in [-0.2, -0.15) is 15.2 Å². The van der Waals surface area contributed by atoms with Gasteiger partial charge in [-0.15, -0.1) is 0 Å². The normalized spacial score (nSPS) is 17.0. The number of fused-ring (bicyclic) bond motifs is 1. The number of nitrogen functional groups attached to an aromatic ring is 2. The lowest BCUT2D eigenvalue weighted by molar-refractivity contribution is 0.185. The van der Waals surface area contributed by atoms with Crippen molar-refractivity contribution in [1.29, 1.82) is 5.26 Å². The Kier molecular flexibility index (Phi) is 5.15. The number of nitrogens with two attached hydrogens (primary N) is 2. The first kappa shape index (κ1) is 19.9. The molecular weight excluding hydrogens is 408 g/mol. The van der Waals surface area contributed by atoms with Crippen LogP contribution in [0.1, 0.15) is 36.8 Å². The van der Waals surface area contributed by atoms with Gasteiger partial charge in [-0.05, 0) is 25.5 Å². The zero-order valence-electron chi connectivity index (χ0n) is 16.1. The molecule has 0 spiro atoms. The van der Waals surface area contributed by atoms with Crippen molar-refractivity contribution in [2.24, 2.45) is 0 Å². The summed E-state index contributed by atoms with van der Waals surface area (Å²) >= 11 is 6.30. The van der Waals surface area contributed by atoms with Crippen LogP contribution in [0.4, 0.5) is 17.6 Å². The number of nitrogens with zero attached hydrogens (tertiary/aromatic N) is 5. The molecule has 154 valence electrons. The number of ether oxygens (including phenoxy) is 1. The Morgan fingerprint density at radius 1 is 1.37 bits per heavy atom. The molecule has 0 saturated carbocycles. The van der Waals surface area contributed by atoms with Crippen LogP contribution in [-0.2, 0) is 4.74 Å². The van der Waals surface area contributed by atoms with Crippen LogP contribution in [0.2, 0.25) is 5.02 Å². The quantitative estimate of drug-likeness (QED) is 0.567. The molecule has 0 amide bonds. The molecular formula is C19H19ClN8O2. The minimum atomic E-state index is -0.512. The van der Waals surface area contributed by atoms with E-state index in [9.17, 15) is 10.1 Å². The summed E-state index contributed by atoms with van der Waals surface area (Å²) in [5.41, 5.74) is 11.8. The molecule has 10 nitrogen and oxygen atoms in total. The average Bonchev–Trinajstić information content (AvgIpc) is 3.21. The third kappa shape index (κ3) is 3.38. The topological polar surface area (TPSA) is 158 Å². The number of benzene rings is 1. The van der Waals surface area contributed by atoms with E-state index in [1.54, 1.807) is 29.7 Å². The Balaban J connectivity index is 1.87. The fourth-order valence-electron chi connectivity index (χ4n) is 3.58. The number of hydrogen-bond acceptors (Lipinski definition) is 9. The highest BCUT2D eigenvalue weighted by molar-refractivity contribution is 6.35. The number of rotatable bonds is 4. The molecule has 0 radical (unpaired) electrons. The van der Waals surface area contributed by atoms with Crippen LogP contribution in [0.3, 0.4) is 0 Å². The summed E-state index contributed by atoms with van der Waals surface area (Å²) in [7, 11) is 0. The number of nitrogens with one attached hydrogen (secondary N) is 1. The van der Waals surface area contributed by atoms with E-state index in [2.05, 4.69) is 15.3 Å². The molecule has 1 aliphatic heterocycles. The Bertz CT molecular complexity index is 1230. The molecule has 11 heteroatoms. The molecule has 1 aromatic carbocycles. The SMILES string of the molecule is C[C@H](Nc1nc(N)nc(N)c1C#N)c1nc2cccc(Cl)c2c(=O)n1[C@@H]1CCOC1. The zero-order chi connectivity index (χ0) is 21.4. The number of hydrogen-bond donors (Lipinski definition) is 3. The van der Waals surface area contributed by atoms with Crippen molar-refractivity contribution in [3.63, 3.8) is 0 Å². The zero-order valence-corrected chi connectivity index (χ0v) is 16.8. The Labute approximate surface area is 176 Å². The second-order valence-electron chi connectivity index (χ2n) is 6.97. The van der Waals surface area contributed by atoms with Crippen LogP contribution in [0.25, 0.3) is 10.9 Å². The van der Waals surface area contributed by atoms with Gasteiger partial charge in [-0.25, -0.2) is 4.98 Å². The lowest BCUT2D eigenvalue weighted by Crippen LogP contribution is -2.32. The van der Waals surface area contributed by atoms with E-state index in [1.165, 1.54) is 0 Å². The second-order valence-corrected chi connectivity index (χ2v) is 7.37. The molecule has 5 N–H and O–H groups in total. The van der Waals surface area contributed by atoms with Crippen molar-refractivity contribution in [1.82, 2.24) is 19.5 Å². The van der Waals surface area contributed by atoms with E-state index < -0.39 is 6.04 Å². The van der Waals surface area contributed by atoms with Crippen molar-refractivity contribution in [3.8, 4) is 6.07 Å².